The van der Waals surface area contributed by atoms with Crippen LogP contribution in [0.5, 0.6) is 0 Å². The lowest BCUT2D eigenvalue weighted by Gasteiger charge is -2.28. The van der Waals surface area contributed by atoms with Crippen LogP contribution in [0.15, 0.2) is 0 Å². The van der Waals surface area contributed by atoms with Gasteiger partial charge in [-0.2, -0.15) is 0 Å². The second-order valence-electron chi connectivity index (χ2n) is 5.44. The molecule has 0 bridgehead atoms. The van der Waals surface area contributed by atoms with Gasteiger partial charge in [0.15, 0.2) is 0 Å². The summed E-state index contributed by atoms with van der Waals surface area (Å²) in [5.41, 5.74) is 0. The average molecular weight is 196 g/mol. The number of hydrogen-bond donors (Lipinski definition) is 0. The molecule has 2 fully saturated rings. The number of rotatable bonds is 1. The van der Waals surface area contributed by atoms with Crippen molar-refractivity contribution in [2.24, 2.45) is 5.92 Å². The van der Waals surface area contributed by atoms with Gasteiger partial charge in [0.2, 0.25) is 0 Å². The second-order valence-corrected chi connectivity index (χ2v) is 5.44. The third-order valence-electron chi connectivity index (χ3n) is 4.56. The van der Waals surface area contributed by atoms with E-state index in [0.29, 0.717) is 0 Å². The first-order valence-corrected chi connectivity index (χ1v) is 6.01. The van der Waals surface area contributed by atoms with E-state index in [1.165, 1.54) is 25.8 Å². The van der Waals surface area contributed by atoms with E-state index in [1.54, 1.807) is 0 Å². The first-order chi connectivity index (χ1) is 6.59. The van der Waals surface area contributed by atoms with Gasteiger partial charge >= 0.3 is 0 Å². The van der Waals surface area contributed by atoms with Gasteiger partial charge in [0, 0.05) is 24.7 Å². The Kier molecular flexibility index (Phi) is 2.85. The first-order valence-electron chi connectivity index (χ1n) is 6.01. The first kappa shape index (κ1) is 10.4. The predicted octanol–water partition coefficient (Wildman–Crippen LogP) is 1.81. The van der Waals surface area contributed by atoms with Gasteiger partial charge in [-0.25, -0.2) is 0 Å². The minimum absolute atomic E-state index is 0.796. The predicted molar refractivity (Wildman–Crippen MR) is 60.4 cm³/mol. The minimum Gasteiger partial charge on any atom is -0.303 e. The maximum atomic E-state index is 2.61. The molecule has 0 saturated carbocycles. The summed E-state index contributed by atoms with van der Waals surface area (Å²) < 4.78 is 0. The van der Waals surface area contributed by atoms with E-state index in [4.69, 9.17) is 0 Å². The molecule has 2 aliphatic rings. The van der Waals surface area contributed by atoms with Crippen molar-refractivity contribution in [3.05, 3.63) is 0 Å². The molecule has 0 radical (unpaired) electrons. The summed E-state index contributed by atoms with van der Waals surface area (Å²) in [6.45, 7) is 6.03. The van der Waals surface area contributed by atoms with Crippen molar-refractivity contribution in [1.29, 1.82) is 0 Å². The fourth-order valence-electron chi connectivity index (χ4n) is 3.24. The van der Waals surface area contributed by atoms with E-state index in [1.807, 2.05) is 0 Å². The third-order valence-corrected chi connectivity index (χ3v) is 4.56. The molecule has 2 heterocycles. The standard InChI is InChI=1S/C12H24N2/c1-9-5-6-12(14(9)4)11-7-10(2)13(3)8-11/h9-12H,5-8H2,1-4H3. The highest BCUT2D eigenvalue weighted by molar-refractivity contribution is 4.93. The zero-order valence-corrected chi connectivity index (χ0v) is 10.0. The summed E-state index contributed by atoms with van der Waals surface area (Å²) in [4.78, 5) is 5.12. The van der Waals surface area contributed by atoms with Gasteiger partial charge in [-0.05, 0) is 53.1 Å². The van der Waals surface area contributed by atoms with Crippen LogP contribution in [0.1, 0.15) is 33.1 Å². The average Bonchev–Trinajstić information content (AvgIpc) is 2.61. The highest BCUT2D eigenvalue weighted by atomic mass is 15.2. The Morgan fingerprint density at radius 2 is 1.71 bits per heavy atom. The Labute approximate surface area is 88.3 Å². The highest BCUT2D eigenvalue weighted by Crippen LogP contribution is 2.34. The molecule has 0 amide bonds. The van der Waals surface area contributed by atoms with E-state index in [0.717, 1.165) is 24.0 Å². The Morgan fingerprint density at radius 3 is 2.14 bits per heavy atom. The van der Waals surface area contributed by atoms with Crippen LogP contribution in [0.25, 0.3) is 0 Å². The van der Waals surface area contributed by atoms with Gasteiger partial charge in [0.1, 0.15) is 0 Å². The van der Waals surface area contributed by atoms with Gasteiger partial charge in [-0.1, -0.05) is 0 Å². The largest absolute Gasteiger partial charge is 0.303 e. The lowest BCUT2D eigenvalue weighted by Crippen LogP contribution is -2.37. The Hall–Kier alpha value is -0.0800. The van der Waals surface area contributed by atoms with E-state index in [-0.39, 0.29) is 0 Å². The lowest BCUT2D eigenvalue weighted by molar-refractivity contribution is 0.192. The zero-order valence-electron chi connectivity index (χ0n) is 10.0. The van der Waals surface area contributed by atoms with E-state index in [2.05, 4.69) is 37.7 Å². The molecule has 2 rings (SSSR count). The monoisotopic (exact) mass is 196 g/mol. The molecule has 0 aromatic carbocycles. The van der Waals surface area contributed by atoms with Crippen molar-refractivity contribution < 1.29 is 0 Å². The Balaban J connectivity index is 1.97. The van der Waals surface area contributed by atoms with Gasteiger partial charge < -0.3 is 9.80 Å². The smallest absolute Gasteiger partial charge is 0.0137 e. The molecule has 0 aromatic heterocycles. The van der Waals surface area contributed by atoms with E-state index >= 15 is 0 Å². The summed E-state index contributed by atoms with van der Waals surface area (Å²) in [7, 11) is 4.58. The van der Waals surface area contributed by atoms with Gasteiger partial charge in [0.25, 0.3) is 0 Å². The van der Waals surface area contributed by atoms with Crippen molar-refractivity contribution >= 4 is 0 Å². The summed E-state index contributed by atoms with van der Waals surface area (Å²) in [6, 6.07) is 2.46. The van der Waals surface area contributed by atoms with Crippen molar-refractivity contribution in [3.8, 4) is 0 Å². The second kappa shape index (κ2) is 3.82. The fourth-order valence-corrected chi connectivity index (χ4v) is 3.24. The lowest BCUT2D eigenvalue weighted by atomic mass is 9.95. The molecular formula is C12H24N2. The molecule has 0 aromatic rings. The maximum Gasteiger partial charge on any atom is 0.0137 e. The topological polar surface area (TPSA) is 6.48 Å². The quantitative estimate of drug-likeness (QED) is 0.631. The minimum atomic E-state index is 0.796. The maximum absolute atomic E-state index is 2.61. The van der Waals surface area contributed by atoms with Gasteiger partial charge in [-0.15, -0.1) is 0 Å². The summed E-state index contributed by atoms with van der Waals surface area (Å²) in [6.07, 6.45) is 4.22. The normalized spacial score (nSPS) is 46.3. The Bertz CT molecular complexity index is 194. The van der Waals surface area contributed by atoms with Gasteiger partial charge in [0.05, 0.1) is 0 Å². The van der Waals surface area contributed by atoms with Crippen molar-refractivity contribution in [1.82, 2.24) is 9.80 Å². The zero-order chi connectivity index (χ0) is 10.3. The molecule has 2 nitrogen and oxygen atoms in total. The van der Waals surface area contributed by atoms with E-state index < -0.39 is 0 Å². The van der Waals surface area contributed by atoms with Crippen LogP contribution in [-0.2, 0) is 0 Å². The van der Waals surface area contributed by atoms with Crippen molar-refractivity contribution in [2.45, 2.75) is 51.2 Å². The fraction of sp³-hybridized carbons (Fsp3) is 1.00. The molecule has 0 spiro atoms. The molecule has 82 valence electrons. The number of likely N-dealkylation sites (tertiary alicyclic amines) is 2. The molecule has 2 saturated heterocycles. The van der Waals surface area contributed by atoms with Crippen LogP contribution < -0.4 is 0 Å². The summed E-state index contributed by atoms with van der Waals surface area (Å²) in [5.74, 6) is 0.921. The molecule has 2 aliphatic heterocycles. The highest BCUT2D eigenvalue weighted by Gasteiger charge is 2.38. The molecular weight excluding hydrogens is 172 g/mol. The Morgan fingerprint density at radius 1 is 1.00 bits per heavy atom. The summed E-state index contributed by atoms with van der Waals surface area (Å²) >= 11 is 0. The molecule has 4 unspecified atom stereocenters. The molecule has 4 atom stereocenters. The molecule has 0 aliphatic carbocycles. The van der Waals surface area contributed by atoms with Crippen LogP contribution in [-0.4, -0.2) is 48.6 Å². The molecule has 2 heteroatoms. The van der Waals surface area contributed by atoms with Crippen LogP contribution in [0, 0.1) is 5.92 Å². The van der Waals surface area contributed by atoms with Crippen LogP contribution in [0.4, 0.5) is 0 Å². The van der Waals surface area contributed by atoms with Crippen molar-refractivity contribution in [3.63, 3.8) is 0 Å². The van der Waals surface area contributed by atoms with E-state index in [9.17, 15) is 0 Å². The SMILES string of the molecule is CC1CC(C2CCC(C)N2C)CN1C. The van der Waals surface area contributed by atoms with Crippen LogP contribution >= 0.6 is 0 Å². The molecule has 14 heavy (non-hydrogen) atoms. The summed E-state index contributed by atoms with van der Waals surface area (Å²) in [5, 5.41) is 0. The number of nitrogens with zero attached hydrogens (tertiary/aromatic N) is 2. The molecule has 0 N–H and O–H groups in total. The van der Waals surface area contributed by atoms with Crippen LogP contribution in [0.3, 0.4) is 0 Å². The number of hydrogen-bond acceptors (Lipinski definition) is 2. The van der Waals surface area contributed by atoms with Crippen molar-refractivity contribution in [2.75, 3.05) is 20.6 Å². The third kappa shape index (κ3) is 1.70. The van der Waals surface area contributed by atoms with Gasteiger partial charge in [-0.3, -0.25) is 0 Å². The van der Waals surface area contributed by atoms with Crippen LogP contribution in [0.2, 0.25) is 0 Å².